The molecule has 0 aromatic heterocycles. The molecular weight excluding hydrogens is 366 g/mol. The van der Waals surface area contributed by atoms with Crippen LogP contribution in [0.25, 0.3) is 0 Å². The number of nitrogens with zero attached hydrogens (tertiary/aromatic N) is 1. The molecule has 0 aliphatic carbocycles. The molecular formula is C20H29NO7. The van der Waals surface area contributed by atoms with Crippen LogP contribution >= 0.6 is 0 Å². The highest BCUT2D eigenvalue weighted by Gasteiger charge is 2.25. The van der Waals surface area contributed by atoms with Crippen LogP contribution < -0.4 is 9.47 Å². The lowest BCUT2D eigenvalue weighted by Gasteiger charge is -2.32. The molecule has 0 bridgehead atoms. The first-order valence-corrected chi connectivity index (χ1v) is 9.76. The van der Waals surface area contributed by atoms with Crippen molar-refractivity contribution in [1.29, 1.82) is 0 Å². The largest absolute Gasteiger partial charge is 0.454 e. The van der Waals surface area contributed by atoms with Gasteiger partial charge in [0.2, 0.25) is 13.2 Å². The van der Waals surface area contributed by atoms with Crippen molar-refractivity contribution in [1.82, 2.24) is 4.90 Å². The van der Waals surface area contributed by atoms with E-state index in [1.165, 1.54) is 0 Å². The summed E-state index contributed by atoms with van der Waals surface area (Å²) in [6.07, 6.45) is 0.869. The molecule has 8 nitrogen and oxygen atoms in total. The minimum Gasteiger partial charge on any atom is -0.454 e. The lowest BCUT2D eigenvalue weighted by molar-refractivity contribution is -0.241. The van der Waals surface area contributed by atoms with E-state index in [-0.39, 0.29) is 31.5 Å². The third kappa shape index (κ3) is 5.35. The quantitative estimate of drug-likeness (QED) is 0.501. The van der Waals surface area contributed by atoms with Crippen LogP contribution in [-0.2, 0) is 25.4 Å². The minimum absolute atomic E-state index is 0.00608. The Kier molecular flexibility index (Phi) is 7.50. The van der Waals surface area contributed by atoms with Crippen LogP contribution in [0.3, 0.4) is 0 Å². The molecule has 3 rings (SSSR count). The normalized spacial score (nSPS) is 18.9. The smallest absolute Gasteiger partial charge is 0.311 e. The molecule has 2 heterocycles. The van der Waals surface area contributed by atoms with Crippen LogP contribution in [0, 0.1) is 5.92 Å². The first-order chi connectivity index (χ1) is 13.6. The number of esters is 1. The van der Waals surface area contributed by atoms with E-state index < -0.39 is 6.41 Å². The summed E-state index contributed by atoms with van der Waals surface area (Å²) in [6, 6.07) is 5.84. The van der Waals surface area contributed by atoms with E-state index in [0.29, 0.717) is 39.0 Å². The zero-order valence-corrected chi connectivity index (χ0v) is 16.5. The first kappa shape index (κ1) is 20.9. The van der Waals surface area contributed by atoms with Crippen LogP contribution in [0.2, 0.25) is 0 Å². The lowest BCUT2D eigenvalue weighted by Crippen LogP contribution is -2.44. The average molecular weight is 395 g/mol. The number of ether oxygens (including phenoxy) is 5. The Hall–Kier alpha value is -1.87. The number of aliphatic hydroxyl groups is 1. The molecule has 0 spiro atoms. The fraction of sp³-hybridized carbons (Fsp3) is 0.650. The predicted octanol–water partition coefficient (Wildman–Crippen LogP) is 1.89. The second-order valence-corrected chi connectivity index (χ2v) is 7.03. The summed E-state index contributed by atoms with van der Waals surface area (Å²) in [4.78, 5) is 13.8. The molecule has 2 atom stereocenters. The van der Waals surface area contributed by atoms with Crippen LogP contribution in [0.4, 0.5) is 0 Å². The van der Waals surface area contributed by atoms with Crippen molar-refractivity contribution in [3.8, 4) is 11.5 Å². The van der Waals surface area contributed by atoms with E-state index >= 15 is 0 Å². The van der Waals surface area contributed by atoms with Crippen LogP contribution in [0.1, 0.15) is 32.3 Å². The molecule has 1 fully saturated rings. The lowest BCUT2D eigenvalue weighted by atomic mass is 10.0. The van der Waals surface area contributed by atoms with Crippen molar-refractivity contribution in [2.45, 2.75) is 45.6 Å². The first-order valence-electron chi connectivity index (χ1n) is 9.76. The molecule has 1 aromatic carbocycles. The average Bonchev–Trinajstić information content (AvgIpc) is 3.17. The van der Waals surface area contributed by atoms with Gasteiger partial charge >= 0.3 is 5.97 Å². The highest BCUT2D eigenvalue weighted by atomic mass is 16.7. The molecule has 28 heavy (non-hydrogen) atoms. The molecule has 1 saturated heterocycles. The molecule has 0 radical (unpaired) electrons. The van der Waals surface area contributed by atoms with Crippen molar-refractivity contribution < 1.29 is 33.6 Å². The summed E-state index contributed by atoms with van der Waals surface area (Å²) in [6.45, 7) is 5.65. The van der Waals surface area contributed by atoms with E-state index in [1.54, 1.807) is 4.90 Å². The van der Waals surface area contributed by atoms with Crippen LogP contribution in [-0.4, -0.2) is 61.8 Å². The number of hydrogen-bond acceptors (Lipinski definition) is 8. The van der Waals surface area contributed by atoms with Crippen molar-refractivity contribution in [2.75, 3.05) is 33.3 Å². The molecule has 2 aliphatic heterocycles. The summed E-state index contributed by atoms with van der Waals surface area (Å²) < 4.78 is 26.5. The molecule has 156 valence electrons. The van der Waals surface area contributed by atoms with E-state index in [9.17, 15) is 9.90 Å². The maximum absolute atomic E-state index is 12.0. The SMILES string of the molecule is CCN(C(O)OCOC(=O)C1CCOCC1)[C@@H](C)Cc1ccc2c(c1)OCO2. The number of rotatable bonds is 9. The highest BCUT2D eigenvalue weighted by Crippen LogP contribution is 2.33. The van der Waals surface area contributed by atoms with Gasteiger partial charge in [0.05, 0.1) is 5.92 Å². The number of benzene rings is 1. The number of fused-ring (bicyclic) bond motifs is 1. The third-order valence-corrected chi connectivity index (χ3v) is 5.16. The predicted molar refractivity (Wildman–Crippen MR) is 99.7 cm³/mol. The Morgan fingerprint density at radius 1 is 1.29 bits per heavy atom. The van der Waals surface area contributed by atoms with Gasteiger partial charge in [-0.1, -0.05) is 13.0 Å². The maximum Gasteiger partial charge on any atom is 0.311 e. The molecule has 1 N–H and O–H groups in total. The Morgan fingerprint density at radius 2 is 2.04 bits per heavy atom. The van der Waals surface area contributed by atoms with Crippen molar-refractivity contribution >= 4 is 5.97 Å². The van der Waals surface area contributed by atoms with Gasteiger partial charge in [0.1, 0.15) is 0 Å². The van der Waals surface area contributed by atoms with Crippen molar-refractivity contribution in [2.24, 2.45) is 5.92 Å². The Balaban J connectivity index is 1.45. The Bertz CT molecular complexity index is 647. The van der Waals surface area contributed by atoms with Crippen molar-refractivity contribution in [3.05, 3.63) is 23.8 Å². The van der Waals surface area contributed by atoms with E-state index in [0.717, 1.165) is 17.1 Å². The summed E-state index contributed by atoms with van der Waals surface area (Å²) in [5.74, 6) is 1.04. The Morgan fingerprint density at radius 3 is 2.79 bits per heavy atom. The zero-order chi connectivity index (χ0) is 19.9. The summed E-state index contributed by atoms with van der Waals surface area (Å²) >= 11 is 0. The fourth-order valence-electron chi connectivity index (χ4n) is 3.51. The molecule has 1 aromatic rings. The molecule has 8 heteroatoms. The van der Waals surface area contributed by atoms with Gasteiger partial charge in [-0.05, 0) is 43.9 Å². The Labute approximate surface area is 165 Å². The topological polar surface area (TPSA) is 86.7 Å². The van der Waals surface area contributed by atoms with Gasteiger partial charge in [0.15, 0.2) is 18.3 Å². The van der Waals surface area contributed by atoms with Crippen LogP contribution in [0.5, 0.6) is 11.5 Å². The molecule has 0 amide bonds. The monoisotopic (exact) mass is 395 g/mol. The van der Waals surface area contributed by atoms with Gasteiger partial charge in [0.25, 0.3) is 0 Å². The molecule has 2 aliphatic rings. The van der Waals surface area contributed by atoms with Gasteiger partial charge in [-0.25, -0.2) is 0 Å². The second-order valence-electron chi connectivity index (χ2n) is 7.03. The van der Waals surface area contributed by atoms with Gasteiger partial charge in [-0.3, -0.25) is 9.69 Å². The van der Waals surface area contributed by atoms with Crippen molar-refractivity contribution in [3.63, 3.8) is 0 Å². The van der Waals surface area contributed by atoms with E-state index in [1.807, 2.05) is 32.0 Å². The van der Waals surface area contributed by atoms with Gasteiger partial charge in [0, 0.05) is 25.8 Å². The molecule has 1 unspecified atom stereocenters. The number of hydrogen-bond donors (Lipinski definition) is 1. The zero-order valence-electron chi connectivity index (χ0n) is 16.5. The number of carbonyl (C=O) groups excluding carboxylic acids is 1. The fourth-order valence-corrected chi connectivity index (χ4v) is 3.51. The summed E-state index contributed by atoms with van der Waals surface area (Å²) in [5.41, 5.74) is 1.08. The second kappa shape index (κ2) is 10.1. The minimum atomic E-state index is -1.16. The third-order valence-electron chi connectivity index (χ3n) is 5.16. The van der Waals surface area contributed by atoms with E-state index in [4.69, 9.17) is 23.7 Å². The number of carbonyl (C=O) groups is 1. The van der Waals surface area contributed by atoms with E-state index in [2.05, 4.69) is 0 Å². The van der Waals surface area contributed by atoms with Gasteiger partial charge < -0.3 is 28.8 Å². The standard InChI is InChI=1S/C20H29NO7/c1-3-21(14(2)10-15-4-5-17-18(11-15)26-12-25-17)20(23)28-13-27-19(22)16-6-8-24-9-7-16/h4-5,11,14,16,20,23H,3,6-10,12-13H2,1-2H3/t14-,20?/m0/s1. The van der Waals surface area contributed by atoms with Gasteiger partial charge in [-0.15, -0.1) is 0 Å². The maximum atomic E-state index is 12.0. The summed E-state index contributed by atoms with van der Waals surface area (Å²) in [7, 11) is 0. The number of likely N-dealkylation sites (N-methyl/N-ethyl adjacent to an activating group) is 1. The molecule has 0 saturated carbocycles. The summed E-state index contributed by atoms with van der Waals surface area (Å²) in [5, 5.41) is 10.4. The van der Waals surface area contributed by atoms with Gasteiger partial charge in [-0.2, -0.15) is 0 Å². The van der Waals surface area contributed by atoms with Crippen LogP contribution in [0.15, 0.2) is 18.2 Å². The number of aliphatic hydroxyl groups excluding tert-OH is 1. The highest BCUT2D eigenvalue weighted by molar-refractivity contribution is 5.72.